The summed E-state index contributed by atoms with van der Waals surface area (Å²) in [4.78, 5) is 37.0. The summed E-state index contributed by atoms with van der Waals surface area (Å²) in [6.07, 6.45) is 4.01. The van der Waals surface area contributed by atoms with Gasteiger partial charge in [0, 0.05) is 25.2 Å². The topological polar surface area (TPSA) is 80.7 Å². The quantitative estimate of drug-likeness (QED) is 0.147. The Bertz CT molecular complexity index is 760. The van der Waals surface area contributed by atoms with Gasteiger partial charge in [0.05, 0.1) is 12.0 Å². The average molecular weight is 547 g/mol. The first-order valence-electron chi connectivity index (χ1n) is 14.3. The van der Waals surface area contributed by atoms with Gasteiger partial charge >= 0.3 is 11.9 Å². The third-order valence-electron chi connectivity index (χ3n) is 8.67. The fourth-order valence-electron chi connectivity index (χ4n) is 5.11. The van der Waals surface area contributed by atoms with Crippen molar-refractivity contribution in [3.8, 4) is 0 Å². The van der Waals surface area contributed by atoms with Crippen LogP contribution in [0.3, 0.4) is 0 Å². The van der Waals surface area contributed by atoms with Crippen LogP contribution in [-0.2, 0) is 18.8 Å². The summed E-state index contributed by atoms with van der Waals surface area (Å²) >= 11 is 0. The number of Topliss-reactive ketones (excluding diaryl/α,β-unsaturated/α-hetero) is 2. The molecule has 4 atom stereocenters. The van der Waals surface area contributed by atoms with Crippen LogP contribution in [0, 0.1) is 23.7 Å². The number of alkyl halides is 2. The third kappa shape index (κ3) is 10.2. The monoisotopic (exact) mass is 546 g/mol. The van der Waals surface area contributed by atoms with Gasteiger partial charge in [0.1, 0.15) is 5.78 Å². The second-order valence-corrected chi connectivity index (χ2v) is 17.7. The second-order valence-electron chi connectivity index (χ2n) is 13.0. The summed E-state index contributed by atoms with van der Waals surface area (Å²) in [5.74, 6) is -5.86. The van der Waals surface area contributed by atoms with Gasteiger partial charge in [-0.05, 0) is 55.7 Å². The lowest BCUT2D eigenvalue weighted by Gasteiger charge is -2.40. The minimum Gasteiger partial charge on any atom is -0.481 e. The third-order valence-corrected chi connectivity index (χ3v) is 13.2. The van der Waals surface area contributed by atoms with Crippen LogP contribution in [0.4, 0.5) is 8.78 Å². The molecule has 0 saturated heterocycles. The lowest BCUT2D eigenvalue weighted by atomic mass is 9.84. The molecule has 1 rings (SSSR count). The first-order chi connectivity index (χ1) is 16.9. The van der Waals surface area contributed by atoms with E-state index in [1.54, 1.807) is 0 Å². The number of aliphatic carboxylic acids is 1. The minimum atomic E-state index is -3.32. The normalized spacial score (nSPS) is 22.0. The molecule has 1 fully saturated rings. The van der Waals surface area contributed by atoms with E-state index in [0.29, 0.717) is 25.7 Å². The number of hydrogen-bond acceptors (Lipinski definition) is 4. The van der Waals surface area contributed by atoms with Crippen molar-refractivity contribution in [2.45, 2.75) is 142 Å². The molecule has 1 N–H and O–H groups in total. The van der Waals surface area contributed by atoms with Crippen LogP contribution in [0.2, 0.25) is 18.1 Å². The molecule has 0 heterocycles. The number of carbonyl (C=O) groups excluding carboxylic acids is 2. The van der Waals surface area contributed by atoms with Gasteiger partial charge in [0.25, 0.3) is 0 Å². The smallest absolute Gasteiger partial charge is 0.306 e. The second kappa shape index (κ2) is 14.3. The van der Waals surface area contributed by atoms with E-state index in [1.165, 1.54) is 0 Å². The Morgan fingerprint density at radius 1 is 1.08 bits per heavy atom. The molecule has 0 aromatic rings. The predicted molar refractivity (Wildman–Crippen MR) is 146 cm³/mol. The number of carbonyl (C=O) groups is 3. The summed E-state index contributed by atoms with van der Waals surface area (Å²) in [6.45, 7) is 16.3. The van der Waals surface area contributed by atoms with E-state index in [9.17, 15) is 28.3 Å². The van der Waals surface area contributed by atoms with Crippen molar-refractivity contribution >= 4 is 25.9 Å². The van der Waals surface area contributed by atoms with Gasteiger partial charge in [-0.15, -0.1) is 0 Å². The maximum absolute atomic E-state index is 14.4. The van der Waals surface area contributed by atoms with Crippen molar-refractivity contribution in [2.24, 2.45) is 23.7 Å². The number of rotatable bonds is 17. The number of carboxylic acid groups (broad SMARTS) is 1. The molecule has 0 amide bonds. The number of carboxylic acids is 1. The summed E-state index contributed by atoms with van der Waals surface area (Å²) in [5.41, 5.74) is 0. The average Bonchev–Trinajstić information content (AvgIpc) is 3.04. The van der Waals surface area contributed by atoms with Crippen LogP contribution >= 0.6 is 0 Å². The summed E-state index contributed by atoms with van der Waals surface area (Å²) < 4.78 is 35.3. The van der Waals surface area contributed by atoms with Gasteiger partial charge in [-0.3, -0.25) is 14.4 Å². The Morgan fingerprint density at radius 2 is 1.70 bits per heavy atom. The van der Waals surface area contributed by atoms with E-state index in [1.807, 2.05) is 20.8 Å². The standard InChI is InChI=1S/C29H52F2O5Si/c1-9-10-18-29(30,31)26(33)17-16-23-22(15-13-11-12-14-21(20(2)3)27(34)35)24(32)19-25(23)36-37(7,8)28(4,5)6/h20-23,25H,9-19H2,1-8H3,(H,34,35)/t21?,22-,23-,25-/m1/s1. The predicted octanol–water partition coefficient (Wildman–Crippen LogP) is 8.06. The molecule has 37 heavy (non-hydrogen) atoms. The van der Waals surface area contributed by atoms with Crippen molar-refractivity contribution < 1.29 is 32.7 Å². The van der Waals surface area contributed by atoms with Crippen molar-refractivity contribution in [2.75, 3.05) is 0 Å². The van der Waals surface area contributed by atoms with Gasteiger partial charge in [0.2, 0.25) is 5.78 Å². The van der Waals surface area contributed by atoms with E-state index >= 15 is 0 Å². The Labute approximate surface area is 224 Å². The Kier molecular flexibility index (Phi) is 13.1. The van der Waals surface area contributed by atoms with E-state index in [2.05, 4.69) is 33.9 Å². The highest BCUT2D eigenvalue weighted by Gasteiger charge is 2.48. The molecule has 1 aliphatic rings. The fraction of sp³-hybridized carbons (Fsp3) is 0.897. The first kappa shape index (κ1) is 33.9. The van der Waals surface area contributed by atoms with Crippen LogP contribution in [0.5, 0.6) is 0 Å². The zero-order valence-electron chi connectivity index (χ0n) is 24.5. The van der Waals surface area contributed by atoms with Crippen LogP contribution in [0.15, 0.2) is 0 Å². The minimum absolute atomic E-state index is 0.0568. The molecule has 0 aromatic carbocycles. The molecule has 0 bridgehead atoms. The van der Waals surface area contributed by atoms with E-state index < -0.39 is 32.4 Å². The lowest BCUT2D eigenvalue weighted by Crippen LogP contribution is -2.45. The molecule has 0 spiro atoms. The van der Waals surface area contributed by atoms with E-state index in [4.69, 9.17) is 4.43 Å². The van der Waals surface area contributed by atoms with Crippen LogP contribution in [0.25, 0.3) is 0 Å². The first-order valence-corrected chi connectivity index (χ1v) is 17.2. The zero-order chi connectivity index (χ0) is 28.6. The molecule has 1 unspecified atom stereocenters. The summed E-state index contributed by atoms with van der Waals surface area (Å²) in [5, 5.41) is 9.34. The SMILES string of the molecule is CCCCC(F)(F)C(=O)CC[C@H]1[C@H](O[Si](C)(C)C(C)(C)C)CC(=O)[C@@H]1CCCCCC(C(=O)O)C(C)C. The number of hydrogen-bond donors (Lipinski definition) is 1. The van der Waals surface area contributed by atoms with Crippen LogP contribution < -0.4 is 0 Å². The largest absolute Gasteiger partial charge is 0.481 e. The zero-order valence-corrected chi connectivity index (χ0v) is 25.5. The molecular formula is C29H52F2O5Si. The van der Waals surface area contributed by atoms with Gasteiger partial charge in [-0.2, -0.15) is 8.78 Å². The summed E-state index contributed by atoms with van der Waals surface area (Å²) in [6, 6.07) is 0. The van der Waals surface area contributed by atoms with Crippen molar-refractivity contribution in [1.82, 2.24) is 0 Å². The molecule has 5 nitrogen and oxygen atoms in total. The van der Waals surface area contributed by atoms with Crippen molar-refractivity contribution in [1.29, 1.82) is 0 Å². The molecule has 1 saturated carbocycles. The molecule has 0 aliphatic heterocycles. The maximum atomic E-state index is 14.4. The number of ketones is 2. The number of unbranched alkanes of at least 4 members (excludes halogenated alkanes) is 3. The fourth-order valence-corrected chi connectivity index (χ4v) is 6.48. The van der Waals surface area contributed by atoms with Crippen LogP contribution in [-0.4, -0.2) is 43.0 Å². The molecule has 216 valence electrons. The van der Waals surface area contributed by atoms with Gasteiger partial charge < -0.3 is 9.53 Å². The van der Waals surface area contributed by atoms with E-state index in [-0.39, 0.29) is 59.9 Å². The highest BCUT2D eigenvalue weighted by Crippen LogP contribution is 2.44. The lowest BCUT2D eigenvalue weighted by molar-refractivity contribution is -0.145. The molecule has 1 aliphatic carbocycles. The van der Waals surface area contributed by atoms with E-state index in [0.717, 1.165) is 19.3 Å². The molecular weight excluding hydrogens is 494 g/mol. The van der Waals surface area contributed by atoms with Crippen molar-refractivity contribution in [3.63, 3.8) is 0 Å². The van der Waals surface area contributed by atoms with Gasteiger partial charge in [0.15, 0.2) is 8.32 Å². The molecule has 8 heteroatoms. The highest BCUT2D eigenvalue weighted by molar-refractivity contribution is 6.74. The maximum Gasteiger partial charge on any atom is 0.306 e. The highest BCUT2D eigenvalue weighted by atomic mass is 28.4. The molecule has 0 aromatic heterocycles. The van der Waals surface area contributed by atoms with Gasteiger partial charge in [-0.1, -0.05) is 67.2 Å². The Morgan fingerprint density at radius 3 is 2.22 bits per heavy atom. The van der Waals surface area contributed by atoms with Crippen LogP contribution in [0.1, 0.15) is 112 Å². The van der Waals surface area contributed by atoms with Crippen molar-refractivity contribution in [3.05, 3.63) is 0 Å². The molecule has 0 radical (unpaired) electrons. The van der Waals surface area contributed by atoms with Gasteiger partial charge in [-0.25, -0.2) is 0 Å². The summed E-state index contributed by atoms with van der Waals surface area (Å²) in [7, 11) is -2.20. The number of halogens is 2. The Hall–Kier alpha value is -1.15. The Balaban J connectivity index is 2.90.